The summed E-state index contributed by atoms with van der Waals surface area (Å²) in [5.41, 5.74) is 2.67. The topological polar surface area (TPSA) is 62.2 Å². The Hall–Kier alpha value is -1.72. The molecule has 0 atom stereocenters. The molecule has 0 saturated heterocycles. The number of aromatic nitrogens is 1. The third-order valence-electron chi connectivity index (χ3n) is 2.62. The molecule has 19 heavy (non-hydrogen) atoms. The second-order valence-corrected chi connectivity index (χ2v) is 5.27. The van der Waals surface area contributed by atoms with Gasteiger partial charge in [-0.2, -0.15) is 0 Å². The number of nitrogens with one attached hydrogen (secondary N) is 1. The maximum Gasteiger partial charge on any atom is 0.224 e. The van der Waals surface area contributed by atoms with Crippen molar-refractivity contribution in [3.8, 4) is 11.3 Å². The average molecular weight is 276 g/mol. The van der Waals surface area contributed by atoms with Gasteiger partial charge in [-0.15, -0.1) is 11.3 Å². The van der Waals surface area contributed by atoms with Gasteiger partial charge in [0.2, 0.25) is 5.91 Å². The average Bonchev–Trinajstić information content (AvgIpc) is 2.83. The summed E-state index contributed by atoms with van der Waals surface area (Å²) in [4.78, 5) is 16.0. The number of rotatable bonds is 5. The van der Waals surface area contributed by atoms with Crippen LogP contribution in [0.5, 0.6) is 0 Å². The summed E-state index contributed by atoms with van der Waals surface area (Å²) < 4.78 is 0. The van der Waals surface area contributed by atoms with E-state index in [0.717, 1.165) is 22.0 Å². The summed E-state index contributed by atoms with van der Waals surface area (Å²) in [5, 5.41) is 14.5. The van der Waals surface area contributed by atoms with Gasteiger partial charge < -0.3 is 10.4 Å². The van der Waals surface area contributed by atoms with E-state index in [9.17, 15) is 4.79 Å². The van der Waals surface area contributed by atoms with Crippen molar-refractivity contribution in [3.05, 3.63) is 34.7 Å². The van der Waals surface area contributed by atoms with Gasteiger partial charge in [-0.25, -0.2) is 4.98 Å². The van der Waals surface area contributed by atoms with E-state index in [4.69, 9.17) is 5.11 Å². The van der Waals surface area contributed by atoms with Crippen molar-refractivity contribution in [3.63, 3.8) is 0 Å². The molecule has 1 amide bonds. The van der Waals surface area contributed by atoms with Gasteiger partial charge in [0.25, 0.3) is 0 Å². The number of aliphatic hydroxyl groups is 1. The lowest BCUT2D eigenvalue weighted by Gasteiger charge is -2.06. The molecule has 2 aromatic rings. The maximum atomic E-state index is 11.6. The molecule has 0 spiro atoms. The Balaban J connectivity index is 2.09. The number of carbonyl (C=O) groups is 1. The maximum absolute atomic E-state index is 11.6. The van der Waals surface area contributed by atoms with Crippen molar-refractivity contribution in [1.82, 2.24) is 4.98 Å². The van der Waals surface area contributed by atoms with Crippen LogP contribution in [0.25, 0.3) is 11.3 Å². The van der Waals surface area contributed by atoms with Crippen LogP contribution in [0.1, 0.15) is 17.8 Å². The zero-order valence-corrected chi connectivity index (χ0v) is 11.5. The van der Waals surface area contributed by atoms with Crippen LogP contribution < -0.4 is 5.32 Å². The number of carbonyl (C=O) groups excluding carboxylic acids is 1. The van der Waals surface area contributed by atoms with E-state index in [2.05, 4.69) is 10.3 Å². The predicted molar refractivity (Wildman–Crippen MR) is 77.2 cm³/mol. The summed E-state index contributed by atoms with van der Waals surface area (Å²) in [5.74, 6) is -0.0827. The SMILES string of the molecule is Cc1nc(-c2cccc(NC(=O)CCCO)c2)cs1. The summed E-state index contributed by atoms with van der Waals surface area (Å²) in [6, 6.07) is 7.62. The number of anilines is 1. The van der Waals surface area contributed by atoms with E-state index in [1.165, 1.54) is 0 Å². The summed E-state index contributed by atoms with van der Waals surface area (Å²) in [6.07, 6.45) is 0.813. The molecule has 0 radical (unpaired) electrons. The lowest BCUT2D eigenvalue weighted by molar-refractivity contribution is -0.116. The van der Waals surface area contributed by atoms with Gasteiger partial charge >= 0.3 is 0 Å². The van der Waals surface area contributed by atoms with E-state index in [-0.39, 0.29) is 12.5 Å². The number of hydrogen-bond acceptors (Lipinski definition) is 4. The van der Waals surface area contributed by atoms with Crippen LogP contribution >= 0.6 is 11.3 Å². The number of aryl methyl sites for hydroxylation is 1. The Bertz CT molecular complexity index is 566. The first-order valence-electron chi connectivity index (χ1n) is 6.12. The Morgan fingerprint density at radius 1 is 1.47 bits per heavy atom. The van der Waals surface area contributed by atoms with Crippen LogP contribution in [-0.2, 0) is 4.79 Å². The first kappa shape index (κ1) is 13.7. The van der Waals surface area contributed by atoms with Crippen molar-refractivity contribution < 1.29 is 9.90 Å². The minimum atomic E-state index is -0.0827. The third-order valence-corrected chi connectivity index (χ3v) is 3.40. The fourth-order valence-electron chi connectivity index (χ4n) is 1.72. The van der Waals surface area contributed by atoms with Gasteiger partial charge in [-0.05, 0) is 25.5 Å². The second-order valence-electron chi connectivity index (χ2n) is 4.21. The van der Waals surface area contributed by atoms with Crippen LogP contribution in [0.3, 0.4) is 0 Å². The molecular weight excluding hydrogens is 260 g/mol. The summed E-state index contributed by atoms with van der Waals surface area (Å²) in [7, 11) is 0. The molecule has 4 nitrogen and oxygen atoms in total. The molecule has 0 saturated carbocycles. The van der Waals surface area contributed by atoms with Crippen LogP contribution in [0.2, 0.25) is 0 Å². The van der Waals surface area contributed by atoms with Crippen LogP contribution in [0.4, 0.5) is 5.69 Å². The largest absolute Gasteiger partial charge is 0.396 e. The molecule has 2 N–H and O–H groups in total. The van der Waals surface area contributed by atoms with E-state index in [1.807, 2.05) is 36.6 Å². The van der Waals surface area contributed by atoms with Gasteiger partial charge in [-0.3, -0.25) is 4.79 Å². The molecule has 1 aromatic carbocycles. The lowest BCUT2D eigenvalue weighted by Crippen LogP contribution is -2.11. The van der Waals surface area contributed by atoms with E-state index in [1.54, 1.807) is 11.3 Å². The highest BCUT2D eigenvalue weighted by molar-refractivity contribution is 7.09. The first-order chi connectivity index (χ1) is 9.19. The third kappa shape index (κ3) is 3.87. The Labute approximate surface area is 116 Å². The Morgan fingerprint density at radius 2 is 2.32 bits per heavy atom. The fourth-order valence-corrected chi connectivity index (χ4v) is 2.34. The Kier molecular flexibility index (Phi) is 4.65. The smallest absolute Gasteiger partial charge is 0.224 e. The van der Waals surface area contributed by atoms with Crippen molar-refractivity contribution >= 4 is 22.9 Å². The molecule has 0 bridgehead atoms. The second kappa shape index (κ2) is 6.45. The number of nitrogens with zero attached hydrogens (tertiary/aromatic N) is 1. The summed E-state index contributed by atoms with van der Waals surface area (Å²) in [6.45, 7) is 2.00. The normalized spacial score (nSPS) is 10.4. The molecule has 100 valence electrons. The molecule has 1 heterocycles. The standard InChI is InChI=1S/C14H16N2O2S/c1-10-15-13(9-19-10)11-4-2-5-12(8-11)16-14(18)6-3-7-17/h2,4-5,8-9,17H,3,6-7H2,1H3,(H,16,18). The fraction of sp³-hybridized carbons (Fsp3) is 0.286. The molecule has 0 aliphatic carbocycles. The van der Waals surface area contributed by atoms with Gasteiger partial charge in [-0.1, -0.05) is 12.1 Å². The quantitative estimate of drug-likeness (QED) is 0.882. The molecule has 0 fully saturated rings. The molecule has 5 heteroatoms. The van der Waals surface area contributed by atoms with Gasteiger partial charge in [0, 0.05) is 29.7 Å². The van der Waals surface area contributed by atoms with Gasteiger partial charge in [0.15, 0.2) is 0 Å². The number of thiazole rings is 1. The van der Waals surface area contributed by atoms with Crippen molar-refractivity contribution in [1.29, 1.82) is 0 Å². The number of amides is 1. The van der Waals surface area contributed by atoms with E-state index in [0.29, 0.717) is 12.8 Å². The molecule has 2 rings (SSSR count). The number of hydrogen-bond donors (Lipinski definition) is 2. The van der Waals surface area contributed by atoms with Gasteiger partial charge in [0.1, 0.15) is 0 Å². The molecule has 1 aromatic heterocycles. The number of benzene rings is 1. The zero-order valence-electron chi connectivity index (χ0n) is 10.7. The van der Waals surface area contributed by atoms with Gasteiger partial charge in [0.05, 0.1) is 10.7 Å². The monoisotopic (exact) mass is 276 g/mol. The minimum Gasteiger partial charge on any atom is -0.396 e. The van der Waals surface area contributed by atoms with Crippen LogP contribution in [-0.4, -0.2) is 22.6 Å². The predicted octanol–water partition coefficient (Wildman–Crippen LogP) is 2.83. The molecule has 0 aliphatic rings. The highest BCUT2D eigenvalue weighted by atomic mass is 32.1. The molecule has 0 aliphatic heterocycles. The number of aliphatic hydroxyl groups excluding tert-OH is 1. The minimum absolute atomic E-state index is 0.0333. The first-order valence-corrected chi connectivity index (χ1v) is 7.00. The van der Waals surface area contributed by atoms with Crippen molar-refractivity contribution in [2.45, 2.75) is 19.8 Å². The zero-order chi connectivity index (χ0) is 13.7. The van der Waals surface area contributed by atoms with Crippen LogP contribution in [0, 0.1) is 6.92 Å². The van der Waals surface area contributed by atoms with Crippen molar-refractivity contribution in [2.75, 3.05) is 11.9 Å². The van der Waals surface area contributed by atoms with Crippen LogP contribution in [0.15, 0.2) is 29.6 Å². The molecule has 0 unspecified atom stereocenters. The Morgan fingerprint density at radius 3 is 3.00 bits per heavy atom. The highest BCUT2D eigenvalue weighted by Crippen LogP contribution is 2.24. The van der Waals surface area contributed by atoms with E-state index >= 15 is 0 Å². The molecular formula is C14H16N2O2S. The van der Waals surface area contributed by atoms with E-state index < -0.39 is 0 Å². The highest BCUT2D eigenvalue weighted by Gasteiger charge is 2.05. The lowest BCUT2D eigenvalue weighted by atomic mass is 10.1. The summed E-state index contributed by atoms with van der Waals surface area (Å²) >= 11 is 1.60. The van der Waals surface area contributed by atoms with Crippen molar-refractivity contribution in [2.24, 2.45) is 0 Å².